The Morgan fingerprint density at radius 1 is 0.471 bits per heavy atom. The average molecular weight is 771 g/mol. The molecule has 100 valence electrons. The monoisotopic (exact) mass is 780 g/mol. The van der Waals surface area contributed by atoms with Crippen molar-refractivity contribution in [3.8, 4) is 0 Å². The Labute approximate surface area is 145 Å². The fraction of sp³-hybridized carbons (Fsp3) is 1.00. The third kappa shape index (κ3) is 3.15. The van der Waals surface area contributed by atoms with Gasteiger partial charge in [-0.15, -0.1) is 0 Å². The summed E-state index contributed by atoms with van der Waals surface area (Å²) in [6.45, 7) is 23.4. The molecule has 2 rings (SSSR count). The molecule has 0 amide bonds. The van der Waals surface area contributed by atoms with Gasteiger partial charge in [0.2, 0.25) is 0 Å². The van der Waals surface area contributed by atoms with Gasteiger partial charge in [-0.3, -0.25) is 0 Å². The number of hydrogen-bond donors (Lipinski definition) is 0. The van der Waals surface area contributed by atoms with Crippen LogP contribution in [-0.4, -0.2) is 96.2 Å². The zero-order chi connectivity index (χ0) is 13.3. The summed E-state index contributed by atoms with van der Waals surface area (Å²) >= 11 is 2.47. The Bertz CT molecular complexity index is 320. The molecule has 2 saturated heterocycles. The summed E-state index contributed by atoms with van der Waals surface area (Å²) in [6, 6.07) is 0. The summed E-state index contributed by atoms with van der Waals surface area (Å²) < 4.78 is -1.36. The molecule has 2 fully saturated rings. The van der Waals surface area contributed by atoms with E-state index in [1.54, 1.807) is 0 Å². The molecule has 2 aliphatic heterocycles. The summed E-state index contributed by atoms with van der Waals surface area (Å²) in [5, 5.41) is -1.08. The predicted molar refractivity (Wildman–Crippen MR) is 98.7 cm³/mol. The van der Waals surface area contributed by atoms with Gasteiger partial charge in [-0.2, -0.15) is 0 Å². The van der Waals surface area contributed by atoms with Gasteiger partial charge in [0.05, 0.1) is 0 Å². The van der Waals surface area contributed by atoms with Crippen LogP contribution in [0.15, 0.2) is 0 Å². The van der Waals surface area contributed by atoms with E-state index in [0.717, 1.165) is 0 Å². The molecule has 2 heterocycles. The van der Waals surface area contributed by atoms with Gasteiger partial charge in [-0.1, -0.05) is 0 Å². The molecule has 1 spiro atoms. The van der Waals surface area contributed by atoms with Gasteiger partial charge in [0.1, 0.15) is 0 Å². The molecule has 0 aromatic rings. The van der Waals surface area contributed by atoms with Crippen molar-refractivity contribution in [2.45, 2.75) is 52.4 Å². The maximum absolute atomic E-state index is 2.97. The second kappa shape index (κ2) is 5.13. The van der Waals surface area contributed by atoms with Crippen molar-refractivity contribution >= 4 is 96.2 Å². The first-order chi connectivity index (χ1) is 7.33. The van der Waals surface area contributed by atoms with Crippen molar-refractivity contribution in [3.05, 3.63) is 0 Å². The topological polar surface area (TPSA) is 0 Å². The van der Waals surface area contributed by atoms with E-state index in [1.807, 2.05) is 0 Å². The maximum atomic E-state index is 2.97. The van der Waals surface area contributed by atoms with Crippen LogP contribution in [0.2, 0.25) is 52.4 Å². The molecule has 2 aliphatic rings. The zero-order valence-electron chi connectivity index (χ0n) is 12.1. The van der Waals surface area contributed by atoms with Crippen LogP contribution in [0.25, 0.3) is 0 Å². The molecule has 0 atom stereocenters. The van der Waals surface area contributed by atoms with Crippen LogP contribution in [0.3, 0.4) is 0 Å². The van der Waals surface area contributed by atoms with Gasteiger partial charge in [-0.25, -0.2) is 0 Å². The summed E-state index contributed by atoms with van der Waals surface area (Å²) in [5.74, 6) is 0. The first-order valence-corrected chi connectivity index (χ1v) is 49.4. The molecule has 0 aromatic heterocycles. The fourth-order valence-electron chi connectivity index (χ4n) is 3.33. The van der Waals surface area contributed by atoms with Crippen LogP contribution in [0.5, 0.6) is 0 Å². The van der Waals surface area contributed by atoms with Crippen LogP contribution in [-0.2, 0) is 0 Å². The summed E-state index contributed by atoms with van der Waals surface area (Å²) in [6.07, 6.45) is 0. The molecule has 0 unspecified atom stereocenters. The van der Waals surface area contributed by atoms with E-state index in [9.17, 15) is 0 Å². The number of hydrogen-bond acceptors (Lipinski definition) is 0. The average Bonchev–Trinajstić information content (AvgIpc) is 2.22. The van der Waals surface area contributed by atoms with Gasteiger partial charge >= 0.3 is 149 Å². The third-order valence-electron chi connectivity index (χ3n) is 3.37. The van der Waals surface area contributed by atoms with Crippen LogP contribution >= 0.6 is 0 Å². The second-order valence-corrected chi connectivity index (χ2v) is 163. The number of rotatable bonds is 0. The molecular formula is C8H24Si5Te4. The third-order valence-corrected chi connectivity index (χ3v) is 379. The summed E-state index contributed by atoms with van der Waals surface area (Å²) in [7, 11) is 0. The van der Waals surface area contributed by atoms with Crippen molar-refractivity contribution in [3.63, 3.8) is 0 Å². The van der Waals surface area contributed by atoms with Crippen molar-refractivity contribution in [1.82, 2.24) is 0 Å². The normalized spacial score (nSPS) is 35.3. The first kappa shape index (κ1) is 17.6. The van der Waals surface area contributed by atoms with E-state index in [1.165, 1.54) is 0 Å². The van der Waals surface area contributed by atoms with Crippen LogP contribution in [0.1, 0.15) is 0 Å². The molecule has 0 nitrogen and oxygen atoms in total. The first-order valence-electron chi connectivity index (χ1n) is 6.13. The van der Waals surface area contributed by atoms with E-state index in [-0.39, 0.29) is 0 Å². The predicted octanol–water partition coefficient (Wildman–Crippen LogP) is 1.24. The molecule has 0 saturated carbocycles. The molecular weight excluding hydrogens is 747 g/mol. The zero-order valence-corrected chi connectivity index (χ0v) is 26.5. The molecule has 0 radical (unpaired) electrons. The quantitative estimate of drug-likeness (QED) is 0.326. The van der Waals surface area contributed by atoms with Gasteiger partial charge in [0, 0.05) is 0 Å². The second-order valence-electron chi connectivity index (χ2n) is 6.85. The minimum absolute atomic E-state index is 0.418. The Hall–Kier alpha value is 4.24. The van der Waals surface area contributed by atoms with E-state index >= 15 is 0 Å². The Morgan fingerprint density at radius 3 is 0.941 bits per heavy atom. The van der Waals surface area contributed by atoms with E-state index in [0.29, 0.717) is 77.4 Å². The van der Waals surface area contributed by atoms with Crippen LogP contribution in [0.4, 0.5) is 0 Å². The van der Waals surface area contributed by atoms with Gasteiger partial charge in [0.25, 0.3) is 0 Å². The van der Waals surface area contributed by atoms with Crippen molar-refractivity contribution in [2.24, 2.45) is 0 Å². The molecule has 0 aromatic carbocycles. The van der Waals surface area contributed by atoms with Gasteiger partial charge in [-0.05, 0) is 0 Å². The van der Waals surface area contributed by atoms with Crippen LogP contribution in [0, 0.1) is 0 Å². The van der Waals surface area contributed by atoms with E-state index in [4.69, 9.17) is 0 Å². The fourth-order valence-corrected chi connectivity index (χ4v) is 995. The minimum atomic E-state index is -0.542. The Balaban J connectivity index is 2.50. The Morgan fingerprint density at radius 2 is 0.765 bits per heavy atom. The van der Waals surface area contributed by atoms with Crippen molar-refractivity contribution in [2.75, 3.05) is 0 Å². The van der Waals surface area contributed by atoms with Gasteiger partial charge in [0.15, 0.2) is 0 Å². The molecule has 0 bridgehead atoms. The summed E-state index contributed by atoms with van der Waals surface area (Å²) in [4.78, 5) is 0. The Kier molecular flexibility index (Phi) is 5.30. The van der Waals surface area contributed by atoms with Crippen molar-refractivity contribution in [1.29, 1.82) is 0 Å². The van der Waals surface area contributed by atoms with E-state index < -0.39 is 18.8 Å². The van der Waals surface area contributed by atoms with Crippen LogP contribution < -0.4 is 0 Å². The standard InChI is InChI=1S/C8H24Si5Te4/c1-9(2)13(16-11(5,6)14-9)10(3,4)15-12(7,8)17-13/h1-8H3. The SMILES string of the molecule is C[Si]1(C)[Te][Si](C)(C)[Si]2([Te]1)[Te][Si](C)(C)[Te][Si]2(C)C. The van der Waals surface area contributed by atoms with E-state index in [2.05, 4.69) is 52.4 Å². The van der Waals surface area contributed by atoms with Gasteiger partial charge < -0.3 is 0 Å². The molecule has 0 aliphatic carbocycles. The molecule has 9 heteroatoms. The summed E-state index contributed by atoms with van der Waals surface area (Å²) in [5.41, 5.74) is 0. The molecule has 17 heavy (non-hydrogen) atoms. The molecule has 0 N–H and O–H groups in total. The van der Waals surface area contributed by atoms with Crippen molar-refractivity contribution < 1.29 is 0 Å².